The lowest BCUT2D eigenvalue weighted by Gasteiger charge is -2.58. The van der Waals surface area contributed by atoms with Gasteiger partial charge in [0.1, 0.15) is 0 Å². The summed E-state index contributed by atoms with van der Waals surface area (Å²) in [5.41, 5.74) is 2.33. The molecular weight excluding hydrogens is 122 g/mol. The van der Waals surface area contributed by atoms with Gasteiger partial charge in [0.15, 0.2) is 0 Å². The van der Waals surface area contributed by atoms with E-state index in [-0.39, 0.29) is 0 Å². The van der Waals surface area contributed by atoms with Crippen LogP contribution in [-0.2, 0) is 0 Å². The Morgan fingerprint density at radius 2 is 2.20 bits per heavy atom. The van der Waals surface area contributed by atoms with Gasteiger partial charge in [-0.2, -0.15) is 0 Å². The predicted molar refractivity (Wildman–Crippen MR) is 40.2 cm³/mol. The van der Waals surface area contributed by atoms with Crippen molar-refractivity contribution in [2.45, 2.75) is 32.1 Å². The normalized spacial score (nSPS) is 47.6. The zero-order chi connectivity index (χ0) is 6.60. The highest BCUT2D eigenvalue weighted by Gasteiger charge is 2.53. The molecule has 1 aliphatic heterocycles. The zero-order valence-electron chi connectivity index (χ0n) is 6.19. The van der Waals surface area contributed by atoms with Crippen molar-refractivity contribution in [3.8, 4) is 0 Å². The van der Waals surface area contributed by atoms with Gasteiger partial charge in [0.25, 0.3) is 0 Å². The average Bonchev–Trinajstić information content (AvgIpc) is 2.69. The summed E-state index contributed by atoms with van der Waals surface area (Å²) in [6.45, 7) is 0. The highest BCUT2D eigenvalue weighted by molar-refractivity contribution is 5.21. The number of hydrogen-bond donors (Lipinski definition) is 1. The molecule has 1 heteroatoms. The minimum atomic E-state index is 0.815. The van der Waals surface area contributed by atoms with Crippen molar-refractivity contribution in [1.29, 1.82) is 0 Å². The van der Waals surface area contributed by atoms with Gasteiger partial charge >= 0.3 is 0 Å². The molecule has 10 heavy (non-hydrogen) atoms. The molecule has 0 unspecified atom stereocenters. The Kier molecular flexibility index (Phi) is 0.738. The monoisotopic (exact) mass is 135 g/mol. The van der Waals surface area contributed by atoms with E-state index in [9.17, 15) is 0 Å². The summed E-state index contributed by atoms with van der Waals surface area (Å²) in [5.74, 6) is 1.12. The molecular formula is C9H13N. The van der Waals surface area contributed by atoms with Crippen LogP contribution >= 0.6 is 0 Å². The molecule has 0 amide bonds. The molecule has 54 valence electrons. The van der Waals surface area contributed by atoms with Crippen LogP contribution in [0.25, 0.3) is 0 Å². The fourth-order valence-corrected chi connectivity index (χ4v) is 2.64. The van der Waals surface area contributed by atoms with Crippen molar-refractivity contribution < 1.29 is 0 Å². The van der Waals surface area contributed by atoms with E-state index < -0.39 is 0 Å². The average molecular weight is 135 g/mol. The molecule has 2 fully saturated rings. The SMILES string of the molecule is C1=C(CC23CCC2CC3)N1. The van der Waals surface area contributed by atoms with E-state index in [1.165, 1.54) is 37.8 Å². The van der Waals surface area contributed by atoms with Crippen molar-refractivity contribution in [1.82, 2.24) is 5.32 Å². The molecule has 3 aliphatic rings. The first-order chi connectivity index (χ1) is 4.89. The summed E-state index contributed by atoms with van der Waals surface area (Å²) in [6.07, 6.45) is 9.59. The molecule has 2 aliphatic carbocycles. The fraction of sp³-hybridized carbons (Fsp3) is 0.778. The molecule has 0 atom stereocenters. The third-order valence-electron chi connectivity index (χ3n) is 3.74. The maximum Gasteiger partial charge on any atom is 0.0315 e. The Hall–Kier alpha value is -0.460. The van der Waals surface area contributed by atoms with E-state index in [4.69, 9.17) is 0 Å². The summed E-state index contributed by atoms with van der Waals surface area (Å²) in [6, 6.07) is 0. The lowest BCUT2D eigenvalue weighted by atomic mass is 9.46. The molecule has 3 rings (SSSR count). The summed E-state index contributed by atoms with van der Waals surface area (Å²) in [7, 11) is 0. The van der Waals surface area contributed by atoms with Gasteiger partial charge in [-0.25, -0.2) is 0 Å². The van der Waals surface area contributed by atoms with Crippen LogP contribution in [-0.4, -0.2) is 0 Å². The van der Waals surface area contributed by atoms with Gasteiger partial charge in [-0.3, -0.25) is 0 Å². The molecule has 0 aromatic heterocycles. The Bertz CT molecular complexity index is 197. The highest BCUT2D eigenvalue weighted by atomic mass is 15.0. The number of hydrogen-bond acceptors (Lipinski definition) is 1. The zero-order valence-corrected chi connectivity index (χ0v) is 6.19. The maximum atomic E-state index is 3.20. The van der Waals surface area contributed by atoms with E-state index >= 15 is 0 Å². The largest absolute Gasteiger partial charge is 0.362 e. The van der Waals surface area contributed by atoms with Crippen molar-refractivity contribution in [3.63, 3.8) is 0 Å². The van der Waals surface area contributed by atoms with Crippen LogP contribution in [0.4, 0.5) is 0 Å². The van der Waals surface area contributed by atoms with E-state index in [0.29, 0.717) is 0 Å². The van der Waals surface area contributed by atoms with Gasteiger partial charge in [0.05, 0.1) is 0 Å². The minimum Gasteiger partial charge on any atom is -0.362 e. The van der Waals surface area contributed by atoms with Crippen LogP contribution < -0.4 is 5.32 Å². The lowest BCUT2D eigenvalue weighted by molar-refractivity contribution is -0.0728. The van der Waals surface area contributed by atoms with Crippen molar-refractivity contribution >= 4 is 0 Å². The fourth-order valence-electron chi connectivity index (χ4n) is 2.64. The first-order valence-electron chi connectivity index (χ1n) is 4.35. The minimum absolute atomic E-state index is 0.815. The molecule has 1 N–H and O–H groups in total. The second kappa shape index (κ2) is 1.41. The summed E-state index contributed by atoms with van der Waals surface area (Å²) in [5, 5.41) is 3.20. The highest BCUT2D eigenvalue weighted by Crippen LogP contribution is 2.64. The number of rotatable bonds is 2. The van der Waals surface area contributed by atoms with Crippen LogP contribution in [0, 0.1) is 11.3 Å². The number of allylic oxidation sites excluding steroid dienone is 1. The lowest BCUT2D eigenvalue weighted by Crippen LogP contribution is -2.48. The Morgan fingerprint density at radius 1 is 1.50 bits per heavy atom. The van der Waals surface area contributed by atoms with Gasteiger partial charge in [-0.05, 0) is 43.4 Å². The Balaban J connectivity index is 1.72. The van der Waals surface area contributed by atoms with Crippen LogP contribution in [0.5, 0.6) is 0 Å². The van der Waals surface area contributed by atoms with Gasteiger partial charge in [-0.1, -0.05) is 0 Å². The predicted octanol–water partition coefficient (Wildman–Crippen LogP) is 2.01. The Labute approximate surface area is 61.5 Å². The van der Waals surface area contributed by atoms with E-state index in [2.05, 4.69) is 11.5 Å². The third-order valence-corrected chi connectivity index (χ3v) is 3.74. The molecule has 0 spiro atoms. The van der Waals surface area contributed by atoms with Gasteiger partial charge < -0.3 is 5.32 Å². The summed E-state index contributed by atoms with van der Waals surface area (Å²) in [4.78, 5) is 0. The van der Waals surface area contributed by atoms with Gasteiger partial charge in [0.2, 0.25) is 0 Å². The molecule has 1 heterocycles. The third kappa shape index (κ3) is 0.494. The molecule has 0 aromatic rings. The van der Waals surface area contributed by atoms with Crippen molar-refractivity contribution in [2.24, 2.45) is 11.3 Å². The molecule has 0 radical (unpaired) electrons. The Morgan fingerprint density at radius 3 is 2.50 bits per heavy atom. The van der Waals surface area contributed by atoms with Crippen LogP contribution in [0.2, 0.25) is 0 Å². The smallest absolute Gasteiger partial charge is 0.0315 e. The van der Waals surface area contributed by atoms with Gasteiger partial charge in [0, 0.05) is 11.9 Å². The van der Waals surface area contributed by atoms with Crippen LogP contribution in [0.15, 0.2) is 11.9 Å². The molecule has 0 saturated heterocycles. The second-order valence-electron chi connectivity index (χ2n) is 4.13. The molecule has 2 saturated carbocycles. The van der Waals surface area contributed by atoms with Crippen LogP contribution in [0.1, 0.15) is 32.1 Å². The van der Waals surface area contributed by atoms with Crippen molar-refractivity contribution in [2.75, 3.05) is 0 Å². The second-order valence-corrected chi connectivity index (χ2v) is 4.13. The molecule has 0 aromatic carbocycles. The summed E-state index contributed by atoms with van der Waals surface area (Å²) < 4.78 is 0. The van der Waals surface area contributed by atoms with E-state index in [1.54, 1.807) is 0 Å². The topological polar surface area (TPSA) is 21.9 Å². The number of nitrogens with one attached hydrogen (secondary N) is 1. The van der Waals surface area contributed by atoms with Crippen LogP contribution in [0.3, 0.4) is 0 Å². The quantitative estimate of drug-likeness (QED) is 0.614. The van der Waals surface area contributed by atoms with Crippen molar-refractivity contribution in [3.05, 3.63) is 11.9 Å². The summed E-state index contributed by atoms with van der Waals surface area (Å²) >= 11 is 0. The van der Waals surface area contributed by atoms with E-state index in [0.717, 1.165) is 11.3 Å². The molecule has 1 nitrogen and oxygen atoms in total. The van der Waals surface area contributed by atoms with Gasteiger partial charge in [-0.15, -0.1) is 0 Å². The first kappa shape index (κ1) is 5.22. The van der Waals surface area contributed by atoms with E-state index in [1.807, 2.05) is 0 Å². The first-order valence-corrected chi connectivity index (χ1v) is 4.35. The number of fused-ring (bicyclic) bond motifs is 1. The standard InChI is InChI=1S/C9H13N/c1-3-9(4-2-7(1)9)5-8-6-10-8/h6-7,10H,1-5H2. The maximum absolute atomic E-state index is 3.20. The molecule has 0 bridgehead atoms.